The number of rotatable bonds is 6. The normalized spacial score (nSPS) is 10.7. The van der Waals surface area contributed by atoms with Gasteiger partial charge in [0, 0.05) is 16.2 Å². The zero-order chi connectivity index (χ0) is 15.2. The number of halogens is 1. The van der Waals surface area contributed by atoms with Crippen molar-refractivity contribution in [3.05, 3.63) is 28.7 Å². The molecule has 1 aromatic heterocycles. The Morgan fingerprint density at radius 2 is 2.24 bits per heavy atom. The molecule has 1 amide bonds. The molecule has 0 aliphatic heterocycles. The Bertz CT molecular complexity index is 618. The van der Waals surface area contributed by atoms with Gasteiger partial charge in [-0.2, -0.15) is 0 Å². The van der Waals surface area contributed by atoms with Crippen LogP contribution in [0.1, 0.15) is 13.8 Å². The van der Waals surface area contributed by atoms with E-state index in [4.69, 9.17) is 0 Å². The summed E-state index contributed by atoms with van der Waals surface area (Å²) in [5.41, 5.74) is 0.939. The Morgan fingerprint density at radius 1 is 1.43 bits per heavy atom. The fourth-order valence-electron chi connectivity index (χ4n) is 1.50. The molecule has 2 N–H and O–H groups in total. The molecule has 2 rings (SSSR count). The quantitative estimate of drug-likeness (QED) is 0.741. The first-order valence-electron chi connectivity index (χ1n) is 6.31. The molecule has 0 bridgehead atoms. The summed E-state index contributed by atoms with van der Waals surface area (Å²) >= 11 is 6.24. The summed E-state index contributed by atoms with van der Waals surface area (Å²) < 4.78 is 1.77. The first-order chi connectivity index (χ1) is 10.0. The lowest BCUT2D eigenvalue weighted by Crippen LogP contribution is -2.31. The Morgan fingerprint density at radius 3 is 2.95 bits per heavy atom. The second-order valence-corrected chi connectivity index (χ2v) is 7.64. The predicted molar refractivity (Wildman–Crippen MR) is 91.3 cm³/mol. The van der Waals surface area contributed by atoms with Crippen molar-refractivity contribution in [2.45, 2.75) is 24.2 Å². The van der Waals surface area contributed by atoms with Crippen molar-refractivity contribution >= 4 is 55.8 Å². The fraction of sp³-hybridized carbons (Fsp3) is 0.308. The van der Waals surface area contributed by atoms with Gasteiger partial charge in [-0.1, -0.05) is 45.1 Å². The van der Waals surface area contributed by atoms with Crippen LogP contribution >= 0.6 is 39.0 Å². The molecule has 1 heterocycles. The van der Waals surface area contributed by atoms with E-state index in [0.717, 1.165) is 14.5 Å². The summed E-state index contributed by atoms with van der Waals surface area (Å²) in [5.74, 6) is 0.357. The molecule has 0 unspecified atom stereocenters. The van der Waals surface area contributed by atoms with E-state index in [1.165, 1.54) is 23.1 Å². The molecule has 21 heavy (non-hydrogen) atoms. The summed E-state index contributed by atoms with van der Waals surface area (Å²) in [6.07, 6.45) is 0. The topological polar surface area (TPSA) is 66.9 Å². The monoisotopic (exact) mass is 386 g/mol. The van der Waals surface area contributed by atoms with Gasteiger partial charge in [0.15, 0.2) is 4.34 Å². The number of nitrogens with one attached hydrogen (secondary N) is 2. The number of amides is 1. The number of benzene rings is 1. The van der Waals surface area contributed by atoms with Crippen LogP contribution in [0.2, 0.25) is 0 Å². The number of carbonyl (C=O) groups excluding carboxylic acids is 1. The molecule has 1 aromatic carbocycles. The van der Waals surface area contributed by atoms with E-state index in [2.05, 4.69) is 36.8 Å². The Balaban J connectivity index is 1.88. The van der Waals surface area contributed by atoms with Crippen molar-refractivity contribution in [2.24, 2.45) is 0 Å². The van der Waals surface area contributed by atoms with Gasteiger partial charge in [-0.25, -0.2) is 0 Å². The third kappa shape index (κ3) is 5.64. The lowest BCUT2D eigenvalue weighted by atomic mass is 10.3. The number of nitrogens with zero attached hydrogens (tertiary/aromatic N) is 2. The number of hydrogen-bond donors (Lipinski definition) is 2. The van der Waals surface area contributed by atoms with Gasteiger partial charge < -0.3 is 10.6 Å². The van der Waals surface area contributed by atoms with E-state index < -0.39 is 0 Å². The first-order valence-corrected chi connectivity index (χ1v) is 8.90. The van der Waals surface area contributed by atoms with Gasteiger partial charge in [0.1, 0.15) is 0 Å². The van der Waals surface area contributed by atoms with Gasteiger partial charge in [-0.05, 0) is 32.0 Å². The second kappa shape index (κ2) is 7.77. The molecule has 0 saturated heterocycles. The van der Waals surface area contributed by atoms with Crippen LogP contribution in [0.3, 0.4) is 0 Å². The molecular weight excluding hydrogens is 372 g/mol. The molecule has 0 fully saturated rings. The molecule has 0 radical (unpaired) electrons. The summed E-state index contributed by atoms with van der Waals surface area (Å²) in [6.45, 7) is 3.88. The summed E-state index contributed by atoms with van der Waals surface area (Å²) in [7, 11) is 0. The van der Waals surface area contributed by atoms with Crippen LogP contribution in [0.15, 0.2) is 33.1 Å². The van der Waals surface area contributed by atoms with Crippen LogP contribution in [0, 0.1) is 0 Å². The standard InChI is InChI=1S/C13H15BrN4OS2/c1-8(2)15-11(19)7-20-13-18-17-12(21-13)16-10-5-3-4-9(14)6-10/h3-6,8H,7H2,1-2H3,(H,15,19)(H,16,17). The van der Waals surface area contributed by atoms with Gasteiger partial charge in [0.05, 0.1) is 5.75 Å². The fourth-order valence-corrected chi connectivity index (χ4v) is 3.48. The van der Waals surface area contributed by atoms with Gasteiger partial charge in [0.25, 0.3) is 0 Å². The maximum Gasteiger partial charge on any atom is 0.230 e. The largest absolute Gasteiger partial charge is 0.353 e. The number of hydrogen-bond acceptors (Lipinski definition) is 6. The lowest BCUT2D eigenvalue weighted by Gasteiger charge is -2.06. The number of carbonyl (C=O) groups is 1. The zero-order valence-corrected chi connectivity index (χ0v) is 14.8. The van der Waals surface area contributed by atoms with Crippen LogP contribution in [0.5, 0.6) is 0 Å². The van der Waals surface area contributed by atoms with Gasteiger partial charge in [0.2, 0.25) is 11.0 Å². The minimum absolute atomic E-state index is 0.00620. The molecule has 2 aromatic rings. The van der Waals surface area contributed by atoms with Crippen LogP contribution in [-0.4, -0.2) is 27.9 Å². The molecule has 112 valence electrons. The molecule has 0 spiro atoms. The maximum atomic E-state index is 11.6. The molecule has 0 atom stereocenters. The van der Waals surface area contributed by atoms with Crippen LogP contribution in [-0.2, 0) is 4.79 Å². The average molecular weight is 387 g/mol. The van der Waals surface area contributed by atoms with Crippen molar-refractivity contribution in [1.82, 2.24) is 15.5 Å². The minimum atomic E-state index is 0.00620. The SMILES string of the molecule is CC(C)NC(=O)CSc1nnc(Nc2cccc(Br)c2)s1. The van der Waals surface area contributed by atoms with E-state index in [1.807, 2.05) is 38.1 Å². The first kappa shape index (κ1) is 16.3. The van der Waals surface area contributed by atoms with E-state index in [0.29, 0.717) is 10.9 Å². The third-order valence-corrected chi connectivity index (χ3v) is 4.72. The minimum Gasteiger partial charge on any atom is -0.353 e. The van der Waals surface area contributed by atoms with E-state index in [9.17, 15) is 4.79 Å². The van der Waals surface area contributed by atoms with Crippen molar-refractivity contribution in [1.29, 1.82) is 0 Å². The van der Waals surface area contributed by atoms with Crippen molar-refractivity contribution < 1.29 is 4.79 Å². The van der Waals surface area contributed by atoms with Gasteiger partial charge in [-0.15, -0.1) is 10.2 Å². The Labute approximate surface area is 140 Å². The highest BCUT2D eigenvalue weighted by atomic mass is 79.9. The Kier molecular flexibility index (Phi) is 6.01. The molecule has 8 heteroatoms. The number of thioether (sulfide) groups is 1. The van der Waals surface area contributed by atoms with E-state index in [1.54, 1.807) is 0 Å². The highest BCUT2D eigenvalue weighted by Gasteiger charge is 2.09. The Hall–Kier alpha value is -1.12. The van der Waals surface area contributed by atoms with E-state index in [-0.39, 0.29) is 11.9 Å². The van der Waals surface area contributed by atoms with Crippen molar-refractivity contribution in [2.75, 3.05) is 11.1 Å². The summed E-state index contributed by atoms with van der Waals surface area (Å²) in [6, 6.07) is 7.97. The van der Waals surface area contributed by atoms with Crippen molar-refractivity contribution in [3.8, 4) is 0 Å². The maximum absolute atomic E-state index is 11.6. The zero-order valence-electron chi connectivity index (χ0n) is 11.6. The highest BCUT2D eigenvalue weighted by molar-refractivity contribution is 9.10. The van der Waals surface area contributed by atoms with Crippen molar-refractivity contribution in [3.63, 3.8) is 0 Å². The second-order valence-electron chi connectivity index (χ2n) is 4.52. The average Bonchev–Trinajstić information content (AvgIpc) is 2.83. The molecule has 5 nitrogen and oxygen atoms in total. The summed E-state index contributed by atoms with van der Waals surface area (Å²) in [4.78, 5) is 11.6. The van der Waals surface area contributed by atoms with Crippen LogP contribution in [0.4, 0.5) is 10.8 Å². The van der Waals surface area contributed by atoms with Gasteiger partial charge in [-0.3, -0.25) is 4.79 Å². The molecule has 0 saturated carbocycles. The predicted octanol–water partition coefficient (Wildman–Crippen LogP) is 3.66. The number of anilines is 2. The summed E-state index contributed by atoms with van der Waals surface area (Å²) in [5, 5.41) is 14.9. The molecular formula is C13H15BrN4OS2. The van der Waals surface area contributed by atoms with Crippen LogP contribution in [0.25, 0.3) is 0 Å². The smallest absolute Gasteiger partial charge is 0.230 e. The number of aromatic nitrogens is 2. The van der Waals surface area contributed by atoms with E-state index >= 15 is 0 Å². The van der Waals surface area contributed by atoms with Crippen LogP contribution < -0.4 is 10.6 Å². The van der Waals surface area contributed by atoms with Gasteiger partial charge >= 0.3 is 0 Å². The molecule has 0 aliphatic carbocycles. The third-order valence-electron chi connectivity index (χ3n) is 2.26. The highest BCUT2D eigenvalue weighted by Crippen LogP contribution is 2.28. The molecule has 0 aliphatic rings. The lowest BCUT2D eigenvalue weighted by molar-refractivity contribution is -0.119.